The maximum absolute atomic E-state index is 12.8. The fraction of sp³-hybridized carbons (Fsp3) is 0.192. The van der Waals surface area contributed by atoms with Crippen molar-refractivity contribution in [1.29, 1.82) is 0 Å². The van der Waals surface area contributed by atoms with E-state index in [1.165, 1.54) is 6.07 Å². The first-order valence-corrected chi connectivity index (χ1v) is 13.3. The summed E-state index contributed by atoms with van der Waals surface area (Å²) in [5.74, 6) is -0.539. The molecular formula is C26H22ClN5O3S2. The standard InChI is InChI=1S/C26H22ClN5O3S2/c27-19-15-17(9-10-18(19)25-29-20-6-2-3-7-23(20)37-25)28-26(36)30-24(33)16-8-11-21(22(14-16)32(34)35)31-12-4-1-5-13-31/h2-3,6-11,14-15H,1,4-5,12-13H2,(H2,28,30,33,36). The SMILES string of the molecule is O=C(NC(=S)Nc1ccc(-c2nc3ccccc3s2)c(Cl)c1)c1ccc(N2CCCCC2)c([N+](=O)[O-])c1. The molecule has 37 heavy (non-hydrogen) atoms. The number of thiazole rings is 1. The molecule has 0 spiro atoms. The number of fused-ring (bicyclic) bond motifs is 1. The summed E-state index contributed by atoms with van der Waals surface area (Å²) in [6, 6.07) is 17.7. The fourth-order valence-corrected chi connectivity index (χ4v) is 5.85. The minimum atomic E-state index is -0.539. The van der Waals surface area contributed by atoms with Gasteiger partial charge in [-0.15, -0.1) is 11.3 Å². The summed E-state index contributed by atoms with van der Waals surface area (Å²) in [6.45, 7) is 1.53. The number of anilines is 2. The summed E-state index contributed by atoms with van der Waals surface area (Å²) < 4.78 is 1.07. The van der Waals surface area contributed by atoms with Gasteiger partial charge < -0.3 is 10.2 Å². The molecule has 1 fully saturated rings. The van der Waals surface area contributed by atoms with Crippen LogP contribution in [0.25, 0.3) is 20.8 Å². The maximum atomic E-state index is 12.8. The summed E-state index contributed by atoms with van der Waals surface area (Å²) in [7, 11) is 0. The molecule has 11 heteroatoms. The highest BCUT2D eigenvalue weighted by Crippen LogP contribution is 2.36. The molecule has 0 aliphatic carbocycles. The summed E-state index contributed by atoms with van der Waals surface area (Å²) in [4.78, 5) is 30.7. The highest BCUT2D eigenvalue weighted by Gasteiger charge is 2.23. The topological polar surface area (TPSA) is 100 Å². The van der Waals surface area contributed by atoms with Crippen LogP contribution >= 0.6 is 35.2 Å². The molecule has 4 aromatic rings. The Morgan fingerprint density at radius 2 is 1.86 bits per heavy atom. The molecule has 0 unspecified atom stereocenters. The zero-order valence-corrected chi connectivity index (χ0v) is 22.0. The summed E-state index contributed by atoms with van der Waals surface area (Å²) in [5.41, 5.74) is 2.89. The molecule has 1 aromatic heterocycles. The van der Waals surface area contributed by atoms with Crippen molar-refractivity contribution in [3.63, 3.8) is 0 Å². The Labute approximate surface area is 227 Å². The van der Waals surface area contributed by atoms with Gasteiger partial charge in [0.1, 0.15) is 10.7 Å². The number of para-hydroxylation sites is 1. The molecule has 0 atom stereocenters. The van der Waals surface area contributed by atoms with E-state index in [1.807, 2.05) is 35.2 Å². The summed E-state index contributed by atoms with van der Waals surface area (Å²) in [5, 5.41) is 18.6. The normalized spacial score (nSPS) is 13.4. The molecule has 188 valence electrons. The molecule has 0 saturated carbocycles. The molecule has 5 rings (SSSR count). The van der Waals surface area contributed by atoms with Gasteiger partial charge in [0.05, 0.1) is 20.2 Å². The van der Waals surface area contributed by atoms with Gasteiger partial charge in [0.25, 0.3) is 11.6 Å². The fourth-order valence-electron chi connectivity index (χ4n) is 4.30. The van der Waals surface area contributed by atoms with Crippen molar-refractivity contribution in [3.05, 3.63) is 81.4 Å². The zero-order chi connectivity index (χ0) is 25.9. The highest BCUT2D eigenvalue weighted by atomic mass is 35.5. The van der Waals surface area contributed by atoms with E-state index in [1.54, 1.807) is 35.6 Å². The predicted octanol–water partition coefficient (Wildman–Crippen LogP) is 6.64. The van der Waals surface area contributed by atoms with E-state index in [-0.39, 0.29) is 16.4 Å². The van der Waals surface area contributed by atoms with Crippen molar-refractivity contribution < 1.29 is 9.72 Å². The van der Waals surface area contributed by atoms with Gasteiger partial charge in [-0.1, -0.05) is 23.7 Å². The number of benzene rings is 3. The monoisotopic (exact) mass is 551 g/mol. The van der Waals surface area contributed by atoms with Crippen LogP contribution in [0.4, 0.5) is 17.1 Å². The first kappa shape index (κ1) is 25.1. The van der Waals surface area contributed by atoms with E-state index in [9.17, 15) is 14.9 Å². The van der Waals surface area contributed by atoms with Gasteiger partial charge in [-0.2, -0.15) is 0 Å². The van der Waals surface area contributed by atoms with Gasteiger partial charge in [-0.05, 0) is 73.9 Å². The largest absolute Gasteiger partial charge is 0.366 e. The third kappa shape index (κ3) is 5.56. The Bertz CT molecular complexity index is 1480. The van der Waals surface area contributed by atoms with E-state index in [4.69, 9.17) is 23.8 Å². The molecule has 3 aromatic carbocycles. The van der Waals surface area contributed by atoms with E-state index in [0.717, 1.165) is 53.1 Å². The van der Waals surface area contributed by atoms with Crippen LogP contribution in [0.1, 0.15) is 29.6 Å². The van der Waals surface area contributed by atoms with Gasteiger partial charge in [0.2, 0.25) is 0 Å². The van der Waals surface area contributed by atoms with Crippen LogP contribution in [0.5, 0.6) is 0 Å². The average molecular weight is 552 g/mol. The van der Waals surface area contributed by atoms with Gasteiger partial charge in [-0.3, -0.25) is 20.2 Å². The lowest BCUT2D eigenvalue weighted by atomic mass is 10.1. The lowest BCUT2D eigenvalue weighted by Crippen LogP contribution is -2.34. The van der Waals surface area contributed by atoms with E-state index < -0.39 is 10.8 Å². The molecule has 0 bridgehead atoms. The number of hydrogen-bond acceptors (Lipinski definition) is 7. The van der Waals surface area contributed by atoms with E-state index in [2.05, 4.69) is 15.6 Å². The number of piperidine rings is 1. The van der Waals surface area contributed by atoms with Crippen molar-refractivity contribution >= 4 is 73.5 Å². The Hall–Kier alpha value is -3.60. The third-order valence-electron chi connectivity index (χ3n) is 6.11. The first-order valence-electron chi connectivity index (χ1n) is 11.7. The summed E-state index contributed by atoms with van der Waals surface area (Å²) in [6.07, 6.45) is 3.10. The molecule has 1 aliphatic heterocycles. The number of thiocarbonyl (C=S) groups is 1. The van der Waals surface area contributed by atoms with Crippen molar-refractivity contribution in [1.82, 2.24) is 10.3 Å². The van der Waals surface area contributed by atoms with Gasteiger partial charge in [0.15, 0.2) is 5.11 Å². The Kier molecular flexibility index (Phi) is 7.31. The van der Waals surface area contributed by atoms with Gasteiger partial charge in [0, 0.05) is 36.0 Å². The Balaban J connectivity index is 1.27. The number of carbonyl (C=O) groups excluding carboxylic acids is 1. The predicted molar refractivity (Wildman–Crippen MR) is 153 cm³/mol. The van der Waals surface area contributed by atoms with Crippen LogP contribution in [0.2, 0.25) is 5.02 Å². The molecule has 0 radical (unpaired) electrons. The number of amides is 1. The average Bonchev–Trinajstić information content (AvgIpc) is 3.32. The number of nitro groups is 1. The molecule has 8 nitrogen and oxygen atoms in total. The maximum Gasteiger partial charge on any atom is 0.293 e. The number of halogens is 1. The zero-order valence-electron chi connectivity index (χ0n) is 19.6. The molecule has 2 N–H and O–H groups in total. The smallest absolute Gasteiger partial charge is 0.293 e. The number of carbonyl (C=O) groups is 1. The molecule has 1 amide bonds. The molecule has 1 saturated heterocycles. The van der Waals surface area contributed by atoms with Crippen LogP contribution in [0.3, 0.4) is 0 Å². The van der Waals surface area contributed by atoms with Crippen molar-refractivity contribution in [2.24, 2.45) is 0 Å². The van der Waals surface area contributed by atoms with Crippen LogP contribution in [0.15, 0.2) is 60.7 Å². The van der Waals surface area contributed by atoms with Crippen molar-refractivity contribution in [2.75, 3.05) is 23.3 Å². The number of rotatable bonds is 5. The molecule has 2 heterocycles. The third-order valence-corrected chi connectivity index (χ3v) is 7.70. The molecule has 1 aliphatic rings. The summed E-state index contributed by atoms with van der Waals surface area (Å²) >= 11 is 13.4. The van der Waals surface area contributed by atoms with E-state index >= 15 is 0 Å². The van der Waals surface area contributed by atoms with E-state index in [0.29, 0.717) is 16.4 Å². The number of nitrogens with zero attached hydrogens (tertiary/aromatic N) is 3. The minimum absolute atomic E-state index is 0.0524. The minimum Gasteiger partial charge on any atom is -0.366 e. The Morgan fingerprint density at radius 3 is 2.59 bits per heavy atom. The number of hydrogen-bond donors (Lipinski definition) is 2. The highest BCUT2D eigenvalue weighted by molar-refractivity contribution is 7.80. The second-order valence-corrected chi connectivity index (χ2v) is 10.4. The first-order chi connectivity index (χ1) is 17.9. The number of nitro benzene ring substituents is 1. The quantitative estimate of drug-likeness (QED) is 0.163. The second kappa shape index (κ2) is 10.8. The van der Waals surface area contributed by atoms with Crippen LogP contribution in [-0.2, 0) is 0 Å². The number of nitrogens with one attached hydrogen (secondary N) is 2. The van der Waals surface area contributed by atoms with Crippen LogP contribution < -0.4 is 15.5 Å². The van der Waals surface area contributed by atoms with Gasteiger partial charge >= 0.3 is 0 Å². The second-order valence-electron chi connectivity index (χ2n) is 8.60. The Morgan fingerprint density at radius 1 is 1.08 bits per heavy atom. The van der Waals surface area contributed by atoms with Crippen molar-refractivity contribution in [2.45, 2.75) is 19.3 Å². The lowest BCUT2D eigenvalue weighted by molar-refractivity contribution is -0.384. The number of aromatic nitrogens is 1. The van der Waals surface area contributed by atoms with Crippen LogP contribution in [0, 0.1) is 10.1 Å². The molecular weight excluding hydrogens is 530 g/mol. The lowest BCUT2D eigenvalue weighted by Gasteiger charge is -2.28. The van der Waals surface area contributed by atoms with Crippen molar-refractivity contribution in [3.8, 4) is 10.6 Å². The van der Waals surface area contributed by atoms with Crippen LogP contribution in [-0.4, -0.2) is 34.0 Å². The van der Waals surface area contributed by atoms with Gasteiger partial charge in [-0.25, -0.2) is 4.98 Å².